The molecule has 0 bridgehead atoms. The summed E-state index contributed by atoms with van der Waals surface area (Å²) in [5, 5.41) is 0. The van der Waals surface area contributed by atoms with Crippen LogP contribution in [0.5, 0.6) is 0 Å². The molecule has 5 nitrogen and oxygen atoms in total. The molecule has 2 aliphatic rings. The number of amides is 2. The zero-order valence-corrected chi connectivity index (χ0v) is 15.1. The highest BCUT2D eigenvalue weighted by Crippen LogP contribution is 2.24. The van der Waals surface area contributed by atoms with Gasteiger partial charge in [-0.15, -0.1) is 0 Å². The van der Waals surface area contributed by atoms with Crippen molar-refractivity contribution in [3.8, 4) is 0 Å². The Balaban J connectivity index is 1.52. The third-order valence-corrected chi connectivity index (χ3v) is 5.66. The van der Waals surface area contributed by atoms with Crippen LogP contribution in [-0.4, -0.2) is 47.8 Å². The number of likely N-dealkylation sites (tertiary alicyclic amines) is 2. The van der Waals surface area contributed by atoms with E-state index in [1.807, 2.05) is 34.1 Å². The van der Waals surface area contributed by atoms with E-state index in [0.29, 0.717) is 31.1 Å². The van der Waals surface area contributed by atoms with Gasteiger partial charge in [0.05, 0.1) is 0 Å². The second-order valence-electron chi connectivity index (χ2n) is 7.48. The number of hydrogen-bond acceptors (Lipinski definition) is 3. The van der Waals surface area contributed by atoms with E-state index in [2.05, 4.69) is 6.92 Å². The summed E-state index contributed by atoms with van der Waals surface area (Å²) in [6.45, 7) is 5.86. The second kappa shape index (κ2) is 8.00. The number of carbonyl (C=O) groups excluding carboxylic acids is 2. The molecule has 3 rings (SSSR count). The van der Waals surface area contributed by atoms with Crippen LogP contribution in [0.2, 0.25) is 0 Å². The van der Waals surface area contributed by atoms with E-state index in [1.54, 1.807) is 0 Å². The molecule has 2 N–H and O–H groups in total. The Morgan fingerprint density at radius 1 is 0.960 bits per heavy atom. The van der Waals surface area contributed by atoms with Crippen molar-refractivity contribution in [2.24, 2.45) is 17.6 Å². The van der Waals surface area contributed by atoms with Crippen molar-refractivity contribution in [2.75, 3.05) is 26.2 Å². The first-order valence-electron chi connectivity index (χ1n) is 9.45. The third kappa shape index (κ3) is 4.21. The predicted molar refractivity (Wildman–Crippen MR) is 97.9 cm³/mol. The standard InChI is InChI=1S/C20H29N3O2/c1-15-6-10-22(11-7-15)20(25)18-8-12-23(13-9-18)19(24)17-4-2-16(14-21)3-5-17/h2-5,15,18H,6-14,21H2,1H3. The van der Waals surface area contributed by atoms with Gasteiger partial charge < -0.3 is 15.5 Å². The van der Waals surface area contributed by atoms with Gasteiger partial charge in [0.1, 0.15) is 0 Å². The Hall–Kier alpha value is -1.88. The molecule has 0 aromatic heterocycles. The topological polar surface area (TPSA) is 66.6 Å². The van der Waals surface area contributed by atoms with Crippen LogP contribution < -0.4 is 5.73 Å². The Bertz CT molecular complexity index is 598. The predicted octanol–water partition coefficient (Wildman–Crippen LogP) is 2.26. The molecule has 2 aliphatic heterocycles. The van der Waals surface area contributed by atoms with Gasteiger partial charge in [-0.3, -0.25) is 9.59 Å². The summed E-state index contributed by atoms with van der Waals surface area (Å²) >= 11 is 0. The average Bonchev–Trinajstić information content (AvgIpc) is 2.67. The number of carbonyl (C=O) groups is 2. The molecule has 0 radical (unpaired) electrons. The van der Waals surface area contributed by atoms with E-state index in [1.165, 1.54) is 0 Å². The minimum Gasteiger partial charge on any atom is -0.342 e. The van der Waals surface area contributed by atoms with Gasteiger partial charge in [0.15, 0.2) is 0 Å². The number of benzene rings is 1. The normalized spacial score (nSPS) is 19.9. The maximum Gasteiger partial charge on any atom is 0.253 e. The molecule has 5 heteroatoms. The fourth-order valence-electron chi connectivity index (χ4n) is 3.78. The monoisotopic (exact) mass is 343 g/mol. The summed E-state index contributed by atoms with van der Waals surface area (Å²) in [6.07, 6.45) is 3.78. The Kier molecular flexibility index (Phi) is 5.74. The Morgan fingerprint density at radius 3 is 2.08 bits per heavy atom. The van der Waals surface area contributed by atoms with Crippen molar-refractivity contribution in [2.45, 2.75) is 39.2 Å². The van der Waals surface area contributed by atoms with E-state index in [4.69, 9.17) is 5.73 Å². The minimum atomic E-state index is 0.0567. The molecule has 2 saturated heterocycles. The highest BCUT2D eigenvalue weighted by molar-refractivity contribution is 5.94. The van der Waals surface area contributed by atoms with Crippen LogP contribution in [-0.2, 0) is 11.3 Å². The number of rotatable bonds is 3. The zero-order chi connectivity index (χ0) is 17.8. The first-order chi connectivity index (χ1) is 12.1. The first-order valence-corrected chi connectivity index (χ1v) is 9.45. The van der Waals surface area contributed by atoms with Crippen LogP contribution in [0.3, 0.4) is 0 Å². The Labute approximate surface area is 150 Å². The lowest BCUT2D eigenvalue weighted by molar-refractivity contribution is -0.138. The van der Waals surface area contributed by atoms with Crippen molar-refractivity contribution in [3.63, 3.8) is 0 Å². The van der Waals surface area contributed by atoms with Gasteiger partial charge in [-0.05, 0) is 49.3 Å². The van der Waals surface area contributed by atoms with Crippen molar-refractivity contribution in [1.29, 1.82) is 0 Å². The van der Waals surface area contributed by atoms with Gasteiger partial charge >= 0.3 is 0 Å². The second-order valence-corrected chi connectivity index (χ2v) is 7.48. The largest absolute Gasteiger partial charge is 0.342 e. The van der Waals surface area contributed by atoms with Crippen molar-refractivity contribution < 1.29 is 9.59 Å². The van der Waals surface area contributed by atoms with Crippen LogP contribution in [0.1, 0.15) is 48.5 Å². The lowest BCUT2D eigenvalue weighted by atomic mass is 9.92. The first kappa shape index (κ1) is 17.9. The summed E-state index contributed by atoms with van der Waals surface area (Å²) in [5.74, 6) is 1.17. The fraction of sp³-hybridized carbons (Fsp3) is 0.600. The molecular weight excluding hydrogens is 314 g/mol. The van der Waals surface area contributed by atoms with Gasteiger partial charge in [0.25, 0.3) is 5.91 Å². The maximum atomic E-state index is 12.7. The van der Waals surface area contributed by atoms with Crippen LogP contribution in [0.4, 0.5) is 0 Å². The number of piperidine rings is 2. The summed E-state index contributed by atoms with van der Waals surface area (Å²) < 4.78 is 0. The molecule has 1 aromatic carbocycles. The third-order valence-electron chi connectivity index (χ3n) is 5.66. The van der Waals surface area contributed by atoms with Crippen LogP contribution >= 0.6 is 0 Å². The SMILES string of the molecule is CC1CCN(C(=O)C2CCN(C(=O)c3ccc(CN)cc3)CC2)CC1. The van der Waals surface area contributed by atoms with E-state index < -0.39 is 0 Å². The fourth-order valence-corrected chi connectivity index (χ4v) is 3.78. The molecule has 0 spiro atoms. The molecule has 2 amide bonds. The van der Waals surface area contributed by atoms with Gasteiger partial charge in [0.2, 0.25) is 5.91 Å². The van der Waals surface area contributed by atoms with Crippen molar-refractivity contribution in [3.05, 3.63) is 35.4 Å². The summed E-state index contributed by atoms with van der Waals surface area (Å²) in [5.41, 5.74) is 7.33. The molecule has 136 valence electrons. The van der Waals surface area contributed by atoms with E-state index >= 15 is 0 Å². The number of hydrogen-bond donors (Lipinski definition) is 1. The van der Waals surface area contributed by atoms with Crippen LogP contribution in [0, 0.1) is 11.8 Å². The van der Waals surface area contributed by atoms with Crippen LogP contribution in [0.15, 0.2) is 24.3 Å². The quantitative estimate of drug-likeness (QED) is 0.915. The summed E-state index contributed by atoms with van der Waals surface area (Å²) in [6, 6.07) is 7.50. The molecule has 2 heterocycles. The van der Waals surface area contributed by atoms with E-state index in [9.17, 15) is 9.59 Å². The Morgan fingerprint density at radius 2 is 1.52 bits per heavy atom. The van der Waals surface area contributed by atoms with Crippen molar-refractivity contribution >= 4 is 11.8 Å². The summed E-state index contributed by atoms with van der Waals surface area (Å²) in [7, 11) is 0. The molecule has 0 saturated carbocycles. The number of nitrogens with zero attached hydrogens (tertiary/aromatic N) is 2. The average molecular weight is 343 g/mol. The lowest BCUT2D eigenvalue weighted by Gasteiger charge is -2.36. The molecule has 0 unspecified atom stereocenters. The maximum absolute atomic E-state index is 12.7. The van der Waals surface area contributed by atoms with Gasteiger partial charge in [-0.25, -0.2) is 0 Å². The van der Waals surface area contributed by atoms with Gasteiger partial charge in [-0.2, -0.15) is 0 Å². The molecule has 0 atom stereocenters. The molecule has 1 aromatic rings. The minimum absolute atomic E-state index is 0.0567. The van der Waals surface area contributed by atoms with Gasteiger partial charge in [-0.1, -0.05) is 19.1 Å². The van der Waals surface area contributed by atoms with Crippen LogP contribution in [0.25, 0.3) is 0 Å². The molecule has 25 heavy (non-hydrogen) atoms. The molecular formula is C20H29N3O2. The van der Waals surface area contributed by atoms with Gasteiger partial charge in [0, 0.05) is 44.2 Å². The van der Waals surface area contributed by atoms with E-state index in [-0.39, 0.29) is 11.8 Å². The zero-order valence-electron chi connectivity index (χ0n) is 15.1. The van der Waals surface area contributed by atoms with E-state index in [0.717, 1.165) is 50.3 Å². The molecule has 0 aliphatic carbocycles. The number of nitrogens with two attached hydrogens (primary N) is 1. The highest BCUT2D eigenvalue weighted by Gasteiger charge is 2.31. The summed E-state index contributed by atoms with van der Waals surface area (Å²) in [4.78, 5) is 29.2. The smallest absolute Gasteiger partial charge is 0.253 e. The highest BCUT2D eigenvalue weighted by atomic mass is 16.2. The lowest BCUT2D eigenvalue weighted by Crippen LogP contribution is -2.46. The van der Waals surface area contributed by atoms with Crippen molar-refractivity contribution in [1.82, 2.24) is 9.80 Å². The molecule has 2 fully saturated rings.